The fourth-order valence-electron chi connectivity index (χ4n) is 3.06. The Morgan fingerprint density at radius 2 is 2.08 bits per heavy atom. The Hall–Kier alpha value is -3.68. The largest absolute Gasteiger partial charge is 0.296 e. The van der Waals surface area contributed by atoms with Crippen molar-refractivity contribution in [1.82, 2.24) is 34.6 Å². The molecule has 8 nitrogen and oxygen atoms in total. The van der Waals surface area contributed by atoms with Crippen LogP contribution in [-0.4, -0.2) is 34.6 Å². The Morgan fingerprint density at radius 3 is 2.92 bits per heavy atom. The number of aromatic amines is 2. The Balaban J connectivity index is 1.75. The Morgan fingerprint density at radius 1 is 1.16 bits per heavy atom. The number of nitrogens with one attached hydrogen (secondary N) is 2. The third-order valence-corrected chi connectivity index (χ3v) is 4.33. The number of hydrogen-bond acceptors (Lipinski definition) is 4. The van der Waals surface area contributed by atoms with E-state index >= 15 is 0 Å². The van der Waals surface area contributed by atoms with Crippen LogP contribution in [0.3, 0.4) is 0 Å². The molecule has 0 aliphatic heterocycles. The van der Waals surface area contributed by atoms with Gasteiger partial charge in [0.2, 0.25) is 0 Å². The van der Waals surface area contributed by atoms with Gasteiger partial charge in [-0.1, -0.05) is 6.07 Å². The van der Waals surface area contributed by atoms with Crippen LogP contribution in [-0.2, 0) is 7.05 Å². The molecule has 0 radical (unpaired) electrons. The summed E-state index contributed by atoms with van der Waals surface area (Å²) in [5.74, 6) is 0. The lowest BCUT2D eigenvalue weighted by molar-refractivity contribution is 0.797. The van der Waals surface area contributed by atoms with Crippen molar-refractivity contribution >= 4 is 16.6 Å². The summed E-state index contributed by atoms with van der Waals surface area (Å²) < 4.78 is 3.23. The monoisotopic (exact) mass is 331 g/mol. The van der Waals surface area contributed by atoms with Crippen molar-refractivity contribution in [1.29, 1.82) is 0 Å². The summed E-state index contributed by atoms with van der Waals surface area (Å²) in [6.45, 7) is 0. The molecular weight excluding hydrogens is 318 g/mol. The first-order chi connectivity index (χ1) is 12.2. The van der Waals surface area contributed by atoms with Crippen LogP contribution >= 0.6 is 0 Å². The topological polar surface area (TPSA) is 96.7 Å². The van der Waals surface area contributed by atoms with E-state index in [1.54, 1.807) is 18.6 Å². The highest BCUT2D eigenvalue weighted by Crippen LogP contribution is 2.25. The van der Waals surface area contributed by atoms with Gasteiger partial charge < -0.3 is 0 Å². The van der Waals surface area contributed by atoms with Gasteiger partial charge in [-0.2, -0.15) is 10.2 Å². The predicted molar refractivity (Wildman–Crippen MR) is 93.1 cm³/mol. The van der Waals surface area contributed by atoms with Crippen molar-refractivity contribution in [2.24, 2.45) is 7.05 Å². The summed E-state index contributed by atoms with van der Waals surface area (Å²) in [5.41, 5.74) is 4.49. The molecule has 0 saturated carbocycles. The maximum Gasteiger partial charge on any atom is 0.273 e. The number of fused-ring (bicyclic) bond motifs is 2. The molecule has 0 bridgehead atoms. The van der Waals surface area contributed by atoms with Crippen LogP contribution < -0.4 is 5.56 Å². The lowest BCUT2D eigenvalue weighted by atomic mass is 10.1. The van der Waals surface area contributed by atoms with E-state index in [0.717, 1.165) is 27.7 Å². The molecule has 122 valence electrons. The van der Waals surface area contributed by atoms with Crippen molar-refractivity contribution in [3.63, 3.8) is 0 Å². The first kappa shape index (κ1) is 13.7. The average molecular weight is 331 g/mol. The van der Waals surface area contributed by atoms with Crippen molar-refractivity contribution < 1.29 is 0 Å². The maximum absolute atomic E-state index is 12.5. The Labute approximate surface area is 140 Å². The zero-order chi connectivity index (χ0) is 17.0. The zero-order valence-corrected chi connectivity index (χ0v) is 13.3. The number of aromatic nitrogens is 7. The van der Waals surface area contributed by atoms with Gasteiger partial charge in [-0.3, -0.25) is 19.7 Å². The van der Waals surface area contributed by atoms with Crippen LogP contribution in [0.1, 0.15) is 0 Å². The summed E-state index contributed by atoms with van der Waals surface area (Å²) in [6.07, 6.45) is 5.21. The van der Waals surface area contributed by atoms with Gasteiger partial charge >= 0.3 is 0 Å². The average Bonchev–Trinajstić information content (AvgIpc) is 3.34. The second-order valence-corrected chi connectivity index (χ2v) is 5.84. The molecule has 0 unspecified atom stereocenters. The molecule has 4 aromatic heterocycles. The fraction of sp³-hybridized carbons (Fsp3) is 0.0588. The third kappa shape index (κ3) is 2.01. The van der Waals surface area contributed by atoms with Crippen LogP contribution in [0.5, 0.6) is 0 Å². The Bertz CT molecular complexity index is 1270. The minimum atomic E-state index is -0.169. The second-order valence-electron chi connectivity index (χ2n) is 5.84. The lowest BCUT2D eigenvalue weighted by Crippen LogP contribution is -2.14. The molecule has 8 heteroatoms. The second kappa shape index (κ2) is 4.91. The van der Waals surface area contributed by atoms with E-state index in [2.05, 4.69) is 20.4 Å². The van der Waals surface area contributed by atoms with Crippen LogP contribution in [0, 0.1) is 0 Å². The van der Waals surface area contributed by atoms with Gasteiger partial charge in [-0.25, -0.2) is 9.50 Å². The molecule has 25 heavy (non-hydrogen) atoms. The van der Waals surface area contributed by atoms with Gasteiger partial charge in [0.05, 0.1) is 28.7 Å². The molecular formula is C17H13N7O. The minimum absolute atomic E-state index is 0.169. The molecule has 0 spiro atoms. The van der Waals surface area contributed by atoms with E-state index in [1.807, 2.05) is 36.0 Å². The molecule has 5 rings (SSSR count). The van der Waals surface area contributed by atoms with E-state index in [4.69, 9.17) is 4.98 Å². The van der Waals surface area contributed by atoms with Crippen LogP contribution in [0.2, 0.25) is 0 Å². The van der Waals surface area contributed by atoms with E-state index in [9.17, 15) is 4.79 Å². The van der Waals surface area contributed by atoms with Crippen LogP contribution in [0.25, 0.3) is 39.1 Å². The number of rotatable bonds is 2. The van der Waals surface area contributed by atoms with Crippen LogP contribution in [0.15, 0.2) is 53.7 Å². The van der Waals surface area contributed by atoms with Crippen molar-refractivity contribution in [2.75, 3.05) is 0 Å². The van der Waals surface area contributed by atoms with E-state index < -0.39 is 0 Å². The molecule has 0 saturated heterocycles. The van der Waals surface area contributed by atoms with Crippen molar-refractivity contribution in [3.05, 3.63) is 59.3 Å². The molecule has 0 aliphatic carbocycles. The highest BCUT2D eigenvalue weighted by molar-refractivity contribution is 5.84. The molecule has 0 amide bonds. The van der Waals surface area contributed by atoms with Crippen molar-refractivity contribution in [3.8, 4) is 22.5 Å². The molecule has 1 aromatic carbocycles. The van der Waals surface area contributed by atoms with E-state index in [1.165, 1.54) is 10.6 Å². The predicted octanol–water partition coefficient (Wildman–Crippen LogP) is 1.97. The van der Waals surface area contributed by atoms with E-state index in [-0.39, 0.29) is 5.56 Å². The number of hydrogen-bond donors (Lipinski definition) is 2. The minimum Gasteiger partial charge on any atom is -0.296 e. The fourth-order valence-corrected chi connectivity index (χ4v) is 3.06. The number of aryl methyl sites for hydroxylation is 1. The summed E-state index contributed by atoms with van der Waals surface area (Å²) in [6, 6.07) is 9.28. The third-order valence-electron chi connectivity index (χ3n) is 4.33. The quantitative estimate of drug-likeness (QED) is 0.517. The smallest absolute Gasteiger partial charge is 0.273 e. The summed E-state index contributed by atoms with van der Waals surface area (Å²) in [4.78, 5) is 17.2. The zero-order valence-electron chi connectivity index (χ0n) is 13.3. The molecule has 0 fully saturated rings. The first-order valence-electron chi connectivity index (χ1n) is 7.74. The molecule has 0 aliphatic rings. The maximum atomic E-state index is 12.5. The standard InChI is InChI=1S/C17H13N7O/c1-23-15-3-2-10(6-11(15)8-19-23)14-7-16(25)24-17(21-14)12(9-20-24)13-4-5-18-22-13/h2-9,20H,1H3,(H,18,22). The molecule has 0 atom stereocenters. The molecule has 4 heterocycles. The normalized spacial score (nSPS) is 11.6. The first-order valence-corrected chi connectivity index (χ1v) is 7.74. The van der Waals surface area contributed by atoms with Gasteiger partial charge in [0, 0.05) is 36.5 Å². The van der Waals surface area contributed by atoms with Gasteiger partial charge in [-0.05, 0) is 18.2 Å². The number of nitrogens with zero attached hydrogens (tertiary/aromatic N) is 5. The molecule has 5 aromatic rings. The van der Waals surface area contributed by atoms with Gasteiger partial charge in [0.1, 0.15) is 0 Å². The van der Waals surface area contributed by atoms with Gasteiger partial charge in [0.25, 0.3) is 5.56 Å². The SMILES string of the molecule is Cn1ncc2cc(-c3cc(=O)n4[nH]cc(-c5ccn[nH]5)c4n3)ccc21. The summed E-state index contributed by atoms with van der Waals surface area (Å²) in [7, 11) is 1.90. The Kier molecular flexibility index (Phi) is 2.69. The summed E-state index contributed by atoms with van der Waals surface area (Å²) in [5, 5.41) is 15.1. The summed E-state index contributed by atoms with van der Waals surface area (Å²) >= 11 is 0. The number of H-pyrrole nitrogens is 2. The van der Waals surface area contributed by atoms with E-state index in [0.29, 0.717) is 11.3 Å². The molecule has 2 N–H and O–H groups in total. The lowest BCUT2D eigenvalue weighted by Gasteiger charge is -2.03. The highest BCUT2D eigenvalue weighted by Gasteiger charge is 2.13. The van der Waals surface area contributed by atoms with Crippen LogP contribution in [0.4, 0.5) is 0 Å². The van der Waals surface area contributed by atoms with Gasteiger partial charge in [-0.15, -0.1) is 0 Å². The number of benzene rings is 1. The highest BCUT2D eigenvalue weighted by atomic mass is 16.1. The van der Waals surface area contributed by atoms with Crippen molar-refractivity contribution in [2.45, 2.75) is 0 Å². The van der Waals surface area contributed by atoms with Gasteiger partial charge in [0.15, 0.2) is 5.65 Å².